The minimum absolute atomic E-state index is 0.0732. The predicted molar refractivity (Wildman–Crippen MR) is 141 cm³/mol. The van der Waals surface area contributed by atoms with Gasteiger partial charge in [0.1, 0.15) is 18.2 Å². The highest BCUT2D eigenvalue weighted by molar-refractivity contribution is 5.79. The largest absolute Gasteiger partial charge is 0.461 e. The first-order valence-corrected chi connectivity index (χ1v) is 14.5. The van der Waals surface area contributed by atoms with Crippen LogP contribution in [0.5, 0.6) is 0 Å². The van der Waals surface area contributed by atoms with Crippen LogP contribution in [-0.4, -0.2) is 36.6 Å². The third kappa shape index (κ3) is 13.9. The molecule has 6 nitrogen and oxygen atoms in total. The maximum Gasteiger partial charge on any atom is 0.328 e. The quantitative estimate of drug-likeness (QED) is 0.0949. The average Bonchev–Trinajstić information content (AvgIpc) is 2.81. The van der Waals surface area contributed by atoms with Crippen molar-refractivity contribution in [3.63, 3.8) is 0 Å². The predicted octanol–water partition coefficient (Wildman–Crippen LogP) is 6.88. The molecule has 1 aliphatic heterocycles. The molecular weight excluding hydrogens is 442 g/mol. The average molecular weight is 496 g/mol. The van der Waals surface area contributed by atoms with Crippen LogP contribution < -0.4 is 5.32 Å². The van der Waals surface area contributed by atoms with Gasteiger partial charge in [-0.05, 0) is 31.6 Å². The molecule has 6 heteroatoms. The first-order chi connectivity index (χ1) is 16.9. The topological polar surface area (TPSA) is 81.7 Å². The van der Waals surface area contributed by atoms with Gasteiger partial charge in [0.05, 0.1) is 5.92 Å². The standard InChI is InChI=1S/C29H53NO5/c1-5-7-9-11-13-14-16-18-24(34-29(33)26(30-22-31)20-23(3)4)21-27-25(28(32)35-27)19-17-15-12-10-8-6-2/h22-27H,5-21H2,1-4H3,(H,30,31)/t24?,25?,26-,27?/m0/s1. The SMILES string of the molecule is CCCCCCCCCC(CC1OC(=O)C1CCCCCCCC)OC(=O)[C@H](CC(C)C)NC=O. The Bertz CT molecular complexity index is 579. The van der Waals surface area contributed by atoms with Gasteiger partial charge in [-0.25, -0.2) is 4.79 Å². The van der Waals surface area contributed by atoms with E-state index in [0.717, 1.165) is 38.5 Å². The van der Waals surface area contributed by atoms with E-state index in [4.69, 9.17) is 9.47 Å². The maximum atomic E-state index is 12.9. The minimum atomic E-state index is -0.632. The summed E-state index contributed by atoms with van der Waals surface area (Å²) in [5.41, 5.74) is 0. The van der Waals surface area contributed by atoms with Crippen molar-refractivity contribution in [2.24, 2.45) is 11.8 Å². The first-order valence-electron chi connectivity index (χ1n) is 14.5. The molecule has 0 aromatic rings. The van der Waals surface area contributed by atoms with Crippen LogP contribution in [0.1, 0.15) is 137 Å². The second kappa shape index (κ2) is 19.6. The summed E-state index contributed by atoms with van der Waals surface area (Å²) in [6, 6.07) is -0.632. The van der Waals surface area contributed by atoms with Gasteiger partial charge in [0, 0.05) is 6.42 Å². The van der Waals surface area contributed by atoms with Crippen molar-refractivity contribution in [3.8, 4) is 0 Å². The second-order valence-electron chi connectivity index (χ2n) is 10.8. The number of hydrogen-bond acceptors (Lipinski definition) is 5. The molecule has 204 valence electrons. The van der Waals surface area contributed by atoms with Crippen LogP contribution in [0.2, 0.25) is 0 Å². The van der Waals surface area contributed by atoms with Crippen molar-refractivity contribution in [2.45, 2.75) is 155 Å². The van der Waals surface area contributed by atoms with Crippen molar-refractivity contribution in [1.29, 1.82) is 0 Å². The minimum Gasteiger partial charge on any atom is -0.461 e. The highest BCUT2D eigenvalue weighted by atomic mass is 16.6. The van der Waals surface area contributed by atoms with Crippen LogP contribution in [0.25, 0.3) is 0 Å². The van der Waals surface area contributed by atoms with Gasteiger partial charge in [-0.3, -0.25) is 9.59 Å². The molecule has 1 saturated heterocycles. The van der Waals surface area contributed by atoms with Gasteiger partial charge < -0.3 is 14.8 Å². The fourth-order valence-electron chi connectivity index (χ4n) is 4.90. The number of amides is 1. The molecule has 1 heterocycles. The van der Waals surface area contributed by atoms with Gasteiger partial charge in [0.25, 0.3) is 0 Å². The Morgan fingerprint density at radius 1 is 0.943 bits per heavy atom. The summed E-state index contributed by atoms with van der Waals surface area (Å²) < 4.78 is 11.4. The van der Waals surface area contributed by atoms with Crippen molar-refractivity contribution in [3.05, 3.63) is 0 Å². The number of hydrogen-bond donors (Lipinski definition) is 1. The molecule has 4 atom stereocenters. The molecule has 0 bridgehead atoms. The fraction of sp³-hybridized carbons (Fsp3) is 0.897. The van der Waals surface area contributed by atoms with E-state index in [1.54, 1.807) is 0 Å². The molecule has 1 amide bonds. The van der Waals surface area contributed by atoms with Gasteiger partial charge >= 0.3 is 11.9 Å². The Morgan fingerprint density at radius 3 is 2.06 bits per heavy atom. The van der Waals surface area contributed by atoms with Crippen molar-refractivity contribution < 1.29 is 23.9 Å². The van der Waals surface area contributed by atoms with Gasteiger partial charge in [-0.1, -0.05) is 105 Å². The fourth-order valence-corrected chi connectivity index (χ4v) is 4.90. The lowest BCUT2D eigenvalue weighted by molar-refractivity contribution is -0.190. The number of unbranched alkanes of at least 4 members (excludes halogenated alkanes) is 11. The third-order valence-corrected chi connectivity index (χ3v) is 7.06. The van der Waals surface area contributed by atoms with E-state index in [1.165, 1.54) is 57.8 Å². The van der Waals surface area contributed by atoms with Crippen LogP contribution >= 0.6 is 0 Å². The summed E-state index contributed by atoms with van der Waals surface area (Å²) in [5.74, 6) is -0.298. The van der Waals surface area contributed by atoms with Gasteiger partial charge in [-0.15, -0.1) is 0 Å². The molecule has 0 aromatic carbocycles. The van der Waals surface area contributed by atoms with Crippen LogP contribution in [0, 0.1) is 11.8 Å². The summed E-state index contributed by atoms with van der Waals surface area (Å²) in [6.45, 7) is 8.47. The molecule has 3 unspecified atom stereocenters. The van der Waals surface area contributed by atoms with Crippen molar-refractivity contribution in [1.82, 2.24) is 5.32 Å². The van der Waals surface area contributed by atoms with Gasteiger partial charge in [0.15, 0.2) is 0 Å². The number of rotatable bonds is 23. The van der Waals surface area contributed by atoms with Crippen LogP contribution in [0.3, 0.4) is 0 Å². The molecule has 1 N–H and O–H groups in total. The zero-order valence-electron chi connectivity index (χ0n) is 23.0. The lowest BCUT2D eigenvalue weighted by atomic mass is 9.86. The molecule has 1 aliphatic rings. The van der Waals surface area contributed by atoms with E-state index in [0.29, 0.717) is 19.3 Å². The van der Waals surface area contributed by atoms with Crippen LogP contribution in [0.15, 0.2) is 0 Å². The van der Waals surface area contributed by atoms with E-state index >= 15 is 0 Å². The summed E-state index contributed by atoms with van der Waals surface area (Å²) in [5, 5.41) is 2.62. The maximum absolute atomic E-state index is 12.9. The van der Waals surface area contributed by atoms with Gasteiger partial charge in [0.2, 0.25) is 6.41 Å². The highest BCUT2D eigenvalue weighted by Gasteiger charge is 2.43. The normalized spacial score (nSPS) is 19.1. The zero-order chi connectivity index (χ0) is 25.9. The lowest BCUT2D eigenvalue weighted by Gasteiger charge is -2.37. The van der Waals surface area contributed by atoms with E-state index in [-0.39, 0.29) is 36.0 Å². The van der Waals surface area contributed by atoms with E-state index in [9.17, 15) is 14.4 Å². The third-order valence-electron chi connectivity index (χ3n) is 7.06. The Morgan fingerprint density at radius 2 is 1.51 bits per heavy atom. The number of ether oxygens (including phenoxy) is 2. The van der Waals surface area contributed by atoms with E-state index in [1.807, 2.05) is 13.8 Å². The monoisotopic (exact) mass is 495 g/mol. The molecule has 0 spiro atoms. The highest BCUT2D eigenvalue weighted by Crippen LogP contribution is 2.33. The van der Waals surface area contributed by atoms with E-state index in [2.05, 4.69) is 19.2 Å². The summed E-state index contributed by atoms with van der Waals surface area (Å²) >= 11 is 0. The molecule has 0 aromatic heterocycles. The Kier molecular flexibility index (Phi) is 17.6. The second-order valence-corrected chi connectivity index (χ2v) is 10.8. The molecular formula is C29H53NO5. The molecule has 0 radical (unpaired) electrons. The van der Waals surface area contributed by atoms with Crippen molar-refractivity contribution >= 4 is 18.3 Å². The van der Waals surface area contributed by atoms with Crippen LogP contribution in [-0.2, 0) is 23.9 Å². The van der Waals surface area contributed by atoms with E-state index < -0.39 is 6.04 Å². The number of carbonyl (C=O) groups is 3. The molecule has 35 heavy (non-hydrogen) atoms. The molecule has 0 aliphatic carbocycles. The molecule has 1 fully saturated rings. The summed E-state index contributed by atoms with van der Waals surface area (Å²) in [7, 11) is 0. The van der Waals surface area contributed by atoms with Crippen LogP contribution in [0.4, 0.5) is 0 Å². The molecule has 0 saturated carbocycles. The van der Waals surface area contributed by atoms with Crippen molar-refractivity contribution in [2.75, 3.05) is 0 Å². The number of esters is 2. The zero-order valence-corrected chi connectivity index (χ0v) is 23.0. The Balaban J connectivity index is 2.60. The summed E-state index contributed by atoms with van der Waals surface area (Å²) in [6.07, 6.45) is 18.4. The smallest absolute Gasteiger partial charge is 0.328 e. The number of cyclic esters (lactones) is 1. The number of nitrogens with one attached hydrogen (secondary N) is 1. The first kappa shape index (κ1) is 31.4. The number of carbonyl (C=O) groups excluding carboxylic acids is 3. The molecule has 1 rings (SSSR count). The Labute approximate surface area is 214 Å². The summed E-state index contributed by atoms with van der Waals surface area (Å²) in [4.78, 5) is 36.0. The van der Waals surface area contributed by atoms with Gasteiger partial charge in [-0.2, -0.15) is 0 Å². The Hall–Kier alpha value is -1.59. The lowest BCUT2D eigenvalue weighted by Crippen LogP contribution is -2.48.